The van der Waals surface area contributed by atoms with Crippen LogP contribution in [0, 0.1) is 0 Å². The van der Waals surface area contributed by atoms with E-state index in [1.165, 1.54) is 16.4 Å². The third kappa shape index (κ3) is 3.12. The number of hydrogen-bond donors (Lipinski definition) is 2. The molecule has 0 atom stereocenters. The number of benzene rings is 1. The molecular weight excluding hydrogens is 302 g/mol. The van der Waals surface area contributed by atoms with Gasteiger partial charge in [-0.15, -0.1) is 0 Å². The second kappa shape index (κ2) is 6.09. The molecular formula is C12H16ClN3O3S. The van der Waals surface area contributed by atoms with Gasteiger partial charge in [0.2, 0.25) is 15.9 Å². The fourth-order valence-corrected chi connectivity index (χ4v) is 3.78. The van der Waals surface area contributed by atoms with Crippen LogP contribution < -0.4 is 11.1 Å². The smallest absolute Gasteiger partial charge is 0.243 e. The molecule has 6 nitrogen and oxygen atoms in total. The minimum atomic E-state index is -3.64. The molecule has 1 aromatic rings. The Labute approximate surface area is 122 Å². The van der Waals surface area contributed by atoms with E-state index < -0.39 is 10.0 Å². The van der Waals surface area contributed by atoms with Gasteiger partial charge in [-0.1, -0.05) is 17.7 Å². The van der Waals surface area contributed by atoms with E-state index in [0.717, 1.165) is 0 Å². The second-order valence-electron chi connectivity index (χ2n) is 4.46. The molecule has 0 saturated carbocycles. The molecule has 0 aromatic heterocycles. The molecule has 1 fully saturated rings. The summed E-state index contributed by atoms with van der Waals surface area (Å²) in [6.45, 7) is 0.989. The van der Waals surface area contributed by atoms with Gasteiger partial charge in [0, 0.05) is 37.6 Å². The summed E-state index contributed by atoms with van der Waals surface area (Å²) in [5.74, 6) is -0.140. The minimum Gasteiger partial charge on any atom is -0.355 e. The van der Waals surface area contributed by atoms with Crippen LogP contribution in [0.5, 0.6) is 0 Å². The first-order valence-electron chi connectivity index (χ1n) is 6.20. The highest BCUT2D eigenvalue weighted by atomic mass is 35.5. The first-order chi connectivity index (χ1) is 9.45. The van der Waals surface area contributed by atoms with E-state index in [4.69, 9.17) is 17.3 Å². The van der Waals surface area contributed by atoms with Crippen molar-refractivity contribution in [1.82, 2.24) is 9.62 Å². The van der Waals surface area contributed by atoms with E-state index in [1.54, 1.807) is 6.07 Å². The zero-order valence-corrected chi connectivity index (χ0v) is 12.4. The summed E-state index contributed by atoms with van der Waals surface area (Å²) >= 11 is 6.00. The first kappa shape index (κ1) is 15.2. The highest BCUT2D eigenvalue weighted by Gasteiger charge is 2.27. The summed E-state index contributed by atoms with van der Waals surface area (Å²) in [4.78, 5) is 11.4. The van der Waals surface area contributed by atoms with Crippen molar-refractivity contribution < 1.29 is 13.2 Å². The Morgan fingerprint density at radius 1 is 1.35 bits per heavy atom. The maximum atomic E-state index is 12.5. The summed E-state index contributed by atoms with van der Waals surface area (Å²) in [6, 6.07) is 4.50. The van der Waals surface area contributed by atoms with Crippen LogP contribution >= 0.6 is 11.6 Å². The molecule has 0 spiro atoms. The van der Waals surface area contributed by atoms with Crippen LogP contribution in [0.3, 0.4) is 0 Å². The number of carbonyl (C=O) groups excluding carboxylic acids is 1. The monoisotopic (exact) mass is 317 g/mol. The zero-order valence-electron chi connectivity index (χ0n) is 10.8. The van der Waals surface area contributed by atoms with Gasteiger partial charge in [-0.25, -0.2) is 8.42 Å². The average Bonchev–Trinajstić information content (AvgIpc) is 2.63. The Bertz CT molecular complexity index is 618. The van der Waals surface area contributed by atoms with Gasteiger partial charge in [0.1, 0.15) is 0 Å². The van der Waals surface area contributed by atoms with Gasteiger partial charge in [0.05, 0.1) is 4.90 Å². The Morgan fingerprint density at radius 3 is 2.75 bits per heavy atom. The normalized spacial score (nSPS) is 17.6. The van der Waals surface area contributed by atoms with Crippen molar-refractivity contribution in [1.29, 1.82) is 0 Å². The van der Waals surface area contributed by atoms with Crippen molar-refractivity contribution in [2.45, 2.75) is 17.9 Å². The van der Waals surface area contributed by atoms with Crippen LogP contribution in [-0.2, 0) is 21.4 Å². The van der Waals surface area contributed by atoms with Crippen LogP contribution in [0.15, 0.2) is 23.1 Å². The molecule has 1 amide bonds. The molecule has 1 aliphatic rings. The van der Waals surface area contributed by atoms with Gasteiger partial charge in [-0.3, -0.25) is 4.79 Å². The Balaban J connectivity index is 2.29. The first-order valence-corrected chi connectivity index (χ1v) is 8.02. The largest absolute Gasteiger partial charge is 0.355 e. The fraction of sp³-hybridized carbons (Fsp3) is 0.417. The lowest BCUT2D eigenvalue weighted by Gasteiger charge is -2.19. The van der Waals surface area contributed by atoms with Gasteiger partial charge in [0.25, 0.3) is 0 Å². The average molecular weight is 318 g/mol. The number of halogens is 1. The summed E-state index contributed by atoms with van der Waals surface area (Å²) in [7, 11) is -3.64. The van der Waals surface area contributed by atoms with Crippen LogP contribution in [0.1, 0.15) is 12.0 Å². The maximum absolute atomic E-state index is 12.5. The van der Waals surface area contributed by atoms with Gasteiger partial charge < -0.3 is 11.1 Å². The number of nitrogens with two attached hydrogens (primary N) is 1. The SMILES string of the molecule is NCc1ccc(S(=O)(=O)N2CCNC(=O)CC2)cc1Cl. The summed E-state index contributed by atoms with van der Waals surface area (Å²) < 4.78 is 26.3. The zero-order chi connectivity index (χ0) is 14.8. The second-order valence-corrected chi connectivity index (χ2v) is 6.81. The molecule has 1 heterocycles. The van der Waals surface area contributed by atoms with Crippen molar-refractivity contribution in [3.63, 3.8) is 0 Å². The fourth-order valence-electron chi connectivity index (χ4n) is 1.99. The van der Waals surface area contributed by atoms with E-state index in [2.05, 4.69) is 5.32 Å². The lowest BCUT2D eigenvalue weighted by molar-refractivity contribution is -0.120. The van der Waals surface area contributed by atoms with E-state index in [-0.39, 0.29) is 36.9 Å². The molecule has 110 valence electrons. The molecule has 1 saturated heterocycles. The van der Waals surface area contributed by atoms with Crippen LogP contribution in [0.2, 0.25) is 5.02 Å². The summed E-state index contributed by atoms with van der Waals surface area (Å²) in [6.07, 6.45) is 0.161. The van der Waals surface area contributed by atoms with E-state index in [1.807, 2.05) is 0 Å². The molecule has 3 N–H and O–H groups in total. The molecule has 1 aromatic carbocycles. The Kier molecular flexibility index (Phi) is 4.64. The lowest BCUT2D eigenvalue weighted by atomic mass is 10.2. The number of sulfonamides is 1. The Hall–Kier alpha value is -1.15. The van der Waals surface area contributed by atoms with Crippen LogP contribution in [0.25, 0.3) is 0 Å². The highest BCUT2D eigenvalue weighted by Crippen LogP contribution is 2.23. The number of nitrogens with one attached hydrogen (secondary N) is 1. The molecule has 2 rings (SSSR count). The lowest BCUT2D eigenvalue weighted by Crippen LogP contribution is -2.34. The van der Waals surface area contributed by atoms with E-state index in [9.17, 15) is 13.2 Å². The quantitative estimate of drug-likeness (QED) is 0.839. The van der Waals surface area contributed by atoms with Crippen molar-refractivity contribution >= 4 is 27.5 Å². The molecule has 8 heteroatoms. The van der Waals surface area contributed by atoms with Crippen molar-refractivity contribution in [3.8, 4) is 0 Å². The number of hydrogen-bond acceptors (Lipinski definition) is 4. The summed E-state index contributed by atoms with van der Waals surface area (Å²) in [5.41, 5.74) is 6.19. The number of carbonyl (C=O) groups is 1. The van der Waals surface area contributed by atoms with Gasteiger partial charge in [-0.05, 0) is 17.7 Å². The van der Waals surface area contributed by atoms with Crippen molar-refractivity contribution in [2.75, 3.05) is 19.6 Å². The maximum Gasteiger partial charge on any atom is 0.243 e. The number of amides is 1. The van der Waals surface area contributed by atoms with Crippen LogP contribution in [0.4, 0.5) is 0 Å². The van der Waals surface area contributed by atoms with E-state index >= 15 is 0 Å². The van der Waals surface area contributed by atoms with E-state index in [0.29, 0.717) is 17.1 Å². The van der Waals surface area contributed by atoms with Crippen molar-refractivity contribution in [2.24, 2.45) is 5.73 Å². The number of nitrogens with zero attached hydrogens (tertiary/aromatic N) is 1. The molecule has 0 aliphatic carbocycles. The van der Waals surface area contributed by atoms with Crippen molar-refractivity contribution in [3.05, 3.63) is 28.8 Å². The van der Waals surface area contributed by atoms with Gasteiger partial charge in [-0.2, -0.15) is 4.31 Å². The predicted molar refractivity (Wildman–Crippen MR) is 75.7 cm³/mol. The summed E-state index contributed by atoms with van der Waals surface area (Å²) in [5, 5.41) is 2.97. The standard InChI is InChI=1S/C12H16ClN3O3S/c13-11-7-10(2-1-9(11)8-14)20(18,19)16-5-3-12(17)15-4-6-16/h1-2,7H,3-6,8,14H2,(H,15,17). The molecule has 0 unspecified atom stereocenters. The molecule has 0 radical (unpaired) electrons. The Morgan fingerprint density at radius 2 is 2.10 bits per heavy atom. The third-order valence-corrected chi connectivity index (χ3v) is 5.40. The molecule has 20 heavy (non-hydrogen) atoms. The van der Waals surface area contributed by atoms with Crippen LogP contribution in [-0.4, -0.2) is 38.3 Å². The molecule has 0 bridgehead atoms. The topological polar surface area (TPSA) is 92.5 Å². The van der Waals surface area contributed by atoms with Gasteiger partial charge in [0.15, 0.2) is 0 Å². The molecule has 1 aliphatic heterocycles. The minimum absolute atomic E-state index is 0.119. The highest BCUT2D eigenvalue weighted by molar-refractivity contribution is 7.89. The predicted octanol–water partition coefficient (Wildman–Crippen LogP) is 0.309. The van der Waals surface area contributed by atoms with Gasteiger partial charge >= 0.3 is 0 Å². The third-order valence-electron chi connectivity index (χ3n) is 3.15. The number of rotatable bonds is 3.